The van der Waals surface area contributed by atoms with Crippen LogP contribution >= 0.6 is 0 Å². The number of hydrogen-bond donors (Lipinski definition) is 0. The van der Waals surface area contributed by atoms with Crippen LogP contribution in [0.4, 0.5) is 0 Å². The second-order valence-electron chi connectivity index (χ2n) is 3.11. The molecule has 0 aliphatic carbocycles. The van der Waals surface area contributed by atoms with Gasteiger partial charge in [0.1, 0.15) is 0 Å². The van der Waals surface area contributed by atoms with Crippen molar-refractivity contribution in [1.29, 1.82) is 0 Å². The van der Waals surface area contributed by atoms with E-state index in [2.05, 4.69) is 28.1 Å². The summed E-state index contributed by atoms with van der Waals surface area (Å²) in [5.41, 5.74) is 1.23. The number of carbonyl (C=O) groups excluding carboxylic acids is 1. The molecule has 1 unspecified atom stereocenters. The van der Waals surface area contributed by atoms with E-state index in [9.17, 15) is 4.79 Å². The second kappa shape index (κ2) is 5.21. The van der Waals surface area contributed by atoms with Crippen molar-refractivity contribution in [3.63, 3.8) is 0 Å². The second-order valence-corrected chi connectivity index (χ2v) is 3.96. The summed E-state index contributed by atoms with van der Waals surface area (Å²) in [4.78, 5) is 11.1. The SMILES string of the molecule is CCC(Cc1ccccc1)C(=O)[Se]. The Kier molecular flexibility index (Phi) is 4.20. The van der Waals surface area contributed by atoms with Crippen molar-refractivity contribution in [2.45, 2.75) is 19.8 Å². The molecular weight excluding hydrogens is 227 g/mol. The van der Waals surface area contributed by atoms with Gasteiger partial charge in [-0.25, -0.2) is 0 Å². The molecule has 0 aliphatic rings. The van der Waals surface area contributed by atoms with Crippen LogP contribution in [0.3, 0.4) is 0 Å². The first-order valence-corrected chi connectivity index (χ1v) is 5.34. The van der Waals surface area contributed by atoms with Crippen LogP contribution in [0.5, 0.6) is 0 Å². The predicted molar refractivity (Wildman–Crippen MR) is 54.7 cm³/mol. The van der Waals surface area contributed by atoms with Crippen molar-refractivity contribution in [2.24, 2.45) is 5.92 Å². The van der Waals surface area contributed by atoms with Gasteiger partial charge in [-0.2, -0.15) is 0 Å². The van der Waals surface area contributed by atoms with E-state index in [-0.39, 0.29) is 10.6 Å². The predicted octanol–water partition coefficient (Wildman–Crippen LogP) is 1.95. The van der Waals surface area contributed by atoms with Gasteiger partial charge in [0.05, 0.1) is 0 Å². The van der Waals surface area contributed by atoms with E-state index in [0.717, 1.165) is 12.8 Å². The number of hydrogen-bond acceptors (Lipinski definition) is 1. The van der Waals surface area contributed by atoms with Crippen molar-refractivity contribution < 1.29 is 4.79 Å². The molecule has 1 nitrogen and oxygen atoms in total. The normalized spacial score (nSPS) is 12.4. The fourth-order valence-electron chi connectivity index (χ4n) is 1.29. The van der Waals surface area contributed by atoms with Gasteiger partial charge in [-0.05, 0) is 0 Å². The van der Waals surface area contributed by atoms with Crippen molar-refractivity contribution in [3.05, 3.63) is 35.9 Å². The third kappa shape index (κ3) is 3.33. The minimum absolute atomic E-state index is 0.141. The van der Waals surface area contributed by atoms with Gasteiger partial charge < -0.3 is 0 Å². The van der Waals surface area contributed by atoms with E-state index >= 15 is 0 Å². The molecule has 0 aliphatic heterocycles. The molecule has 13 heavy (non-hydrogen) atoms. The number of rotatable bonds is 4. The first-order chi connectivity index (χ1) is 6.24. The van der Waals surface area contributed by atoms with Crippen LogP contribution in [-0.2, 0) is 11.2 Å². The van der Waals surface area contributed by atoms with E-state index in [0.29, 0.717) is 0 Å². The van der Waals surface area contributed by atoms with Crippen molar-refractivity contribution in [2.75, 3.05) is 0 Å². The van der Waals surface area contributed by atoms with Gasteiger partial charge in [-0.15, -0.1) is 0 Å². The molecule has 0 bridgehead atoms. The van der Waals surface area contributed by atoms with Gasteiger partial charge in [-0.1, -0.05) is 0 Å². The van der Waals surface area contributed by atoms with Crippen LogP contribution in [0.1, 0.15) is 18.9 Å². The number of carbonyl (C=O) groups is 1. The third-order valence-electron chi connectivity index (χ3n) is 2.15. The van der Waals surface area contributed by atoms with Gasteiger partial charge in [0, 0.05) is 0 Å². The molecule has 2 heteroatoms. The van der Waals surface area contributed by atoms with Gasteiger partial charge in [0.25, 0.3) is 0 Å². The molecule has 0 fully saturated rings. The maximum absolute atomic E-state index is 11.1. The van der Waals surface area contributed by atoms with E-state index in [4.69, 9.17) is 0 Å². The van der Waals surface area contributed by atoms with Crippen LogP contribution in [0.2, 0.25) is 0 Å². The fraction of sp³-hybridized carbons (Fsp3) is 0.364. The summed E-state index contributed by atoms with van der Waals surface area (Å²) in [6.45, 7) is 2.04. The quantitative estimate of drug-likeness (QED) is 0.735. The topological polar surface area (TPSA) is 17.1 Å². The molecule has 0 aromatic heterocycles. The first kappa shape index (κ1) is 10.5. The monoisotopic (exact) mass is 241 g/mol. The molecule has 1 radical (unpaired) electrons. The Morgan fingerprint density at radius 3 is 2.46 bits per heavy atom. The molecule has 0 spiro atoms. The summed E-state index contributed by atoms with van der Waals surface area (Å²) in [6.07, 6.45) is 1.75. The average molecular weight is 240 g/mol. The van der Waals surface area contributed by atoms with Crippen LogP contribution in [0.15, 0.2) is 30.3 Å². The van der Waals surface area contributed by atoms with Gasteiger partial charge >= 0.3 is 87.1 Å². The van der Waals surface area contributed by atoms with Crippen molar-refractivity contribution in [1.82, 2.24) is 0 Å². The van der Waals surface area contributed by atoms with Crippen LogP contribution in [-0.4, -0.2) is 20.7 Å². The Labute approximate surface area is 87.4 Å². The summed E-state index contributed by atoms with van der Waals surface area (Å²) in [5.74, 6) is 0.141. The molecule has 0 saturated heterocycles. The van der Waals surface area contributed by atoms with Gasteiger partial charge in [-0.3, -0.25) is 0 Å². The van der Waals surface area contributed by atoms with E-state index in [1.54, 1.807) is 0 Å². The van der Waals surface area contributed by atoms with E-state index in [1.165, 1.54) is 5.56 Å². The number of benzene rings is 1. The summed E-state index contributed by atoms with van der Waals surface area (Å²) >= 11 is 2.57. The maximum atomic E-state index is 11.1. The minimum atomic E-state index is 0.141. The molecule has 0 saturated carbocycles. The Morgan fingerprint density at radius 2 is 2.00 bits per heavy atom. The van der Waals surface area contributed by atoms with E-state index < -0.39 is 0 Å². The Balaban J connectivity index is 2.62. The zero-order valence-corrected chi connectivity index (χ0v) is 9.41. The van der Waals surface area contributed by atoms with Crippen LogP contribution in [0, 0.1) is 5.92 Å². The summed E-state index contributed by atoms with van der Waals surface area (Å²) in [6, 6.07) is 10.1. The third-order valence-corrected chi connectivity index (χ3v) is 2.85. The average Bonchev–Trinajstić information content (AvgIpc) is 2.15. The summed E-state index contributed by atoms with van der Waals surface area (Å²) in [7, 11) is 0. The molecule has 0 heterocycles. The standard InChI is InChI=1S/C11H13OSe/c1-2-10(11(12)13)8-9-6-4-3-5-7-9/h3-7,10H,2,8H2,1H3. The Morgan fingerprint density at radius 1 is 1.38 bits per heavy atom. The Hall–Kier alpha value is -0.591. The van der Waals surface area contributed by atoms with Crippen LogP contribution in [0.25, 0.3) is 0 Å². The fourth-order valence-corrected chi connectivity index (χ4v) is 1.82. The molecule has 0 amide bonds. The van der Waals surface area contributed by atoms with Crippen LogP contribution < -0.4 is 0 Å². The van der Waals surface area contributed by atoms with Crippen molar-refractivity contribution >= 4 is 20.7 Å². The van der Waals surface area contributed by atoms with Gasteiger partial charge in [0.2, 0.25) is 0 Å². The molecule has 69 valence electrons. The summed E-state index contributed by atoms with van der Waals surface area (Å²) in [5, 5.41) is 0. The molecule has 1 aromatic rings. The zero-order valence-electron chi connectivity index (χ0n) is 7.69. The molecule has 1 atom stereocenters. The van der Waals surface area contributed by atoms with E-state index in [1.807, 2.05) is 25.1 Å². The summed E-state index contributed by atoms with van der Waals surface area (Å²) < 4.78 is 0.173. The Bertz CT molecular complexity index is 269. The van der Waals surface area contributed by atoms with Gasteiger partial charge in [0.15, 0.2) is 0 Å². The first-order valence-electron chi connectivity index (χ1n) is 4.48. The molecule has 1 rings (SSSR count). The molecule has 1 aromatic carbocycles. The van der Waals surface area contributed by atoms with Crippen molar-refractivity contribution in [3.8, 4) is 0 Å². The molecule has 0 N–H and O–H groups in total. The molecular formula is C11H13OSe. The zero-order chi connectivity index (χ0) is 9.68.